The molecule has 0 amide bonds. The van der Waals surface area contributed by atoms with Gasteiger partial charge in [0.25, 0.3) is 0 Å². The van der Waals surface area contributed by atoms with E-state index >= 15 is 0 Å². The summed E-state index contributed by atoms with van der Waals surface area (Å²) in [5.74, 6) is 0. The number of pyridine rings is 1. The number of nitriles is 1. The number of benzene rings is 1. The fourth-order valence-corrected chi connectivity index (χ4v) is 2.36. The number of aromatic nitrogens is 1. The van der Waals surface area contributed by atoms with E-state index in [0.717, 1.165) is 14.7 Å². The largest absolute Gasteiger partial charge is 0.242 e. The Morgan fingerprint density at radius 2 is 1.94 bits per heavy atom. The van der Waals surface area contributed by atoms with Crippen LogP contribution in [0, 0.1) is 14.9 Å². The zero-order valence-electron chi connectivity index (χ0n) is 8.11. The molecule has 1 heterocycles. The molecule has 1 aromatic heterocycles. The summed E-state index contributed by atoms with van der Waals surface area (Å²) in [6.45, 7) is 0. The summed E-state index contributed by atoms with van der Waals surface area (Å²) >= 11 is 8.07. The third-order valence-corrected chi connectivity index (χ3v) is 3.27. The van der Waals surface area contributed by atoms with Crippen LogP contribution in [0.15, 0.2) is 36.5 Å². The van der Waals surface area contributed by atoms with Crippen LogP contribution in [0.25, 0.3) is 11.1 Å². The quantitative estimate of drug-likeness (QED) is 0.583. The summed E-state index contributed by atoms with van der Waals surface area (Å²) in [7, 11) is 0. The van der Waals surface area contributed by atoms with Gasteiger partial charge in [-0.3, -0.25) is 0 Å². The van der Waals surface area contributed by atoms with Crippen molar-refractivity contribution in [3.05, 3.63) is 50.8 Å². The molecule has 78 valence electrons. The summed E-state index contributed by atoms with van der Waals surface area (Å²) in [5.41, 5.74) is 2.26. The van der Waals surface area contributed by atoms with Crippen molar-refractivity contribution in [1.29, 1.82) is 5.26 Å². The number of hydrogen-bond donors (Lipinski definition) is 0. The van der Waals surface area contributed by atoms with Gasteiger partial charge in [-0.1, -0.05) is 41.9 Å². The van der Waals surface area contributed by atoms with Crippen LogP contribution >= 0.6 is 34.2 Å². The van der Waals surface area contributed by atoms with Gasteiger partial charge in [0.15, 0.2) is 0 Å². The first-order valence-corrected chi connectivity index (χ1v) is 5.99. The maximum atomic E-state index is 9.11. The highest BCUT2D eigenvalue weighted by Crippen LogP contribution is 2.31. The van der Waals surface area contributed by atoms with Crippen molar-refractivity contribution >= 4 is 34.2 Å². The second kappa shape index (κ2) is 4.81. The maximum absolute atomic E-state index is 9.11. The second-order valence-electron chi connectivity index (χ2n) is 3.12. The van der Waals surface area contributed by atoms with Crippen LogP contribution in [0.4, 0.5) is 0 Å². The van der Waals surface area contributed by atoms with E-state index in [2.05, 4.69) is 33.6 Å². The lowest BCUT2D eigenvalue weighted by atomic mass is 10.0. The third-order valence-electron chi connectivity index (χ3n) is 2.16. The molecule has 2 aromatic rings. The summed E-state index contributed by atoms with van der Waals surface area (Å²) < 4.78 is 0.921. The molecule has 0 saturated carbocycles. The summed E-state index contributed by atoms with van der Waals surface area (Å²) in [4.78, 5) is 3.97. The molecule has 4 heteroatoms. The first-order valence-electron chi connectivity index (χ1n) is 4.53. The molecule has 2 nitrogen and oxygen atoms in total. The number of rotatable bonds is 1. The molecule has 0 bridgehead atoms. The van der Waals surface area contributed by atoms with Crippen LogP contribution in [0.5, 0.6) is 0 Å². The third kappa shape index (κ3) is 2.04. The van der Waals surface area contributed by atoms with Gasteiger partial charge >= 0.3 is 0 Å². The van der Waals surface area contributed by atoms with Gasteiger partial charge in [0.05, 0.1) is 5.56 Å². The zero-order valence-corrected chi connectivity index (χ0v) is 11.0. The van der Waals surface area contributed by atoms with Crippen LogP contribution in [0.1, 0.15) is 5.56 Å². The first kappa shape index (κ1) is 11.4. The normalized spacial score (nSPS) is 9.81. The number of halogens is 2. The molecule has 0 radical (unpaired) electrons. The highest BCUT2D eigenvalue weighted by atomic mass is 127. The highest BCUT2D eigenvalue weighted by molar-refractivity contribution is 14.1. The molecule has 0 N–H and O–H groups in total. The van der Waals surface area contributed by atoms with E-state index in [4.69, 9.17) is 16.9 Å². The monoisotopic (exact) mass is 340 g/mol. The Morgan fingerprint density at radius 3 is 2.56 bits per heavy atom. The fourth-order valence-electron chi connectivity index (χ4n) is 1.45. The van der Waals surface area contributed by atoms with E-state index in [1.54, 1.807) is 6.20 Å². The van der Waals surface area contributed by atoms with Crippen molar-refractivity contribution in [2.24, 2.45) is 0 Å². The van der Waals surface area contributed by atoms with Crippen LogP contribution in [0.3, 0.4) is 0 Å². The minimum atomic E-state index is 0.252. The molecule has 0 aliphatic heterocycles. The molecule has 0 aliphatic carbocycles. The van der Waals surface area contributed by atoms with Gasteiger partial charge < -0.3 is 0 Å². The van der Waals surface area contributed by atoms with Crippen LogP contribution in [-0.4, -0.2) is 4.98 Å². The number of hydrogen-bond acceptors (Lipinski definition) is 2. The molecular formula is C12H6ClIN2. The molecule has 0 saturated heterocycles. The average Bonchev–Trinajstić information content (AvgIpc) is 2.33. The SMILES string of the molecule is N#Cc1c(Cl)ncc(I)c1-c1ccccc1. The van der Waals surface area contributed by atoms with Gasteiger partial charge in [-0.25, -0.2) is 4.98 Å². The van der Waals surface area contributed by atoms with Crippen molar-refractivity contribution < 1.29 is 0 Å². The minimum absolute atomic E-state index is 0.252. The molecule has 1 aromatic carbocycles. The molecule has 0 atom stereocenters. The number of nitrogens with zero attached hydrogens (tertiary/aromatic N) is 2. The Balaban J connectivity index is 2.75. The molecule has 0 spiro atoms. The lowest BCUT2D eigenvalue weighted by molar-refractivity contribution is 1.28. The summed E-state index contributed by atoms with van der Waals surface area (Å²) in [6, 6.07) is 11.8. The molecule has 0 fully saturated rings. The smallest absolute Gasteiger partial charge is 0.147 e. The lowest BCUT2D eigenvalue weighted by Gasteiger charge is -2.07. The Bertz CT molecular complexity index is 561. The topological polar surface area (TPSA) is 36.7 Å². The van der Waals surface area contributed by atoms with Crippen LogP contribution < -0.4 is 0 Å². The van der Waals surface area contributed by atoms with E-state index in [-0.39, 0.29) is 5.15 Å². The molecule has 16 heavy (non-hydrogen) atoms. The Kier molecular flexibility index (Phi) is 3.42. The standard InChI is InChI=1S/C12H6ClIN2/c13-12-9(6-15)11(10(14)7-16-12)8-4-2-1-3-5-8/h1-5,7H. The van der Waals surface area contributed by atoms with Crippen molar-refractivity contribution in [1.82, 2.24) is 4.98 Å². The first-order chi connectivity index (χ1) is 7.74. The van der Waals surface area contributed by atoms with Gasteiger partial charge in [-0.05, 0) is 28.2 Å². The van der Waals surface area contributed by atoms with Crippen molar-refractivity contribution in [2.45, 2.75) is 0 Å². The lowest BCUT2D eigenvalue weighted by Crippen LogP contribution is -1.92. The fraction of sp³-hybridized carbons (Fsp3) is 0. The van der Waals surface area contributed by atoms with Crippen molar-refractivity contribution in [3.63, 3.8) is 0 Å². The Morgan fingerprint density at radius 1 is 1.25 bits per heavy atom. The zero-order chi connectivity index (χ0) is 11.5. The molecule has 2 rings (SSSR count). The van der Waals surface area contributed by atoms with Gasteiger partial charge in [0.1, 0.15) is 11.2 Å². The molecular weight excluding hydrogens is 335 g/mol. The van der Waals surface area contributed by atoms with E-state index in [0.29, 0.717) is 5.56 Å². The van der Waals surface area contributed by atoms with Gasteiger partial charge in [0, 0.05) is 15.3 Å². The minimum Gasteiger partial charge on any atom is -0.242 e. The Hall–Kier alpha value is -1.12. The van der Waals surface area contributed by atoms with Crippen molar-refractivity contribution in [3.8, 4) is 17.2 Å². The summed E-state index contributed by atoms with van der Waals surface area (Å²) in [6.07, 6.45) is 1.67. The van der Waals surface area contributed by atoms with E-state index in [1.165, 1.54) is 0 Å². The van der Waals surface area contributed by atoms with E-state index in [9.17, 15) is 0 Å². The van der Waals surface area contributed by atoms with Crippen molar-refractivity contribution in [2.75, 3.05) is 0 Å². The Labute approximate surface area is 112 Å². The van der Waals surface area contributed by atoms with Gasteiger partial charge in [-0.2, -0.15) is 5.26 Å². The average molecular weight is 341 g/mol. The summed E-state index contributed by atoms with van der Waals surface area (Å²) in [5, 5.41) is 9.36. The van der Waals surface area contributed by atoms with Crippen LogP contribution in [-0.2, 0) is 0 Å². The van der Waals surface area contributed by atoms with E-state index < -0.39 is 0 Å². The predicted octanol–water partition coefficient (Wildman–Crippen LogP) is 3.88. The van der Waals surface area contributed by atoms with Gasteiger partial charge in [0.2, 0.25) is 0 Å². The van der Waals surface area contributed by atoms with Gasteiger partial charge in [-0.15, -0.1) is 0 Å². The molecule has 0 unspecified atom stereocenters. The predicted molar refractivity (Wildman–Crippen MR) is 72.1 cm³/mol. The maximum Gasteiger partial charge on any atom is 0.147 e. The van der Waals surface area contributed by atoms with E-state index in [1.807, 2.05) is 30.3 Å². The highest BCUT2D eigenvalue weighted by Gasteiger charge is 2.13. The van der Waals surface area contributed by atoms with Crippen LogP contribution in [0.2, 0.25) is 5.15 Å². The molecule has 0 aliphatic rings. The second-order valence-corrected chi connectivity index (χ2v) is 4.64.